The SMILES string of the molecule is C=C/C(C)=C(/C(=N)C(C(=O)O)=C(C)C)C(=CC)OCC(C)(C)C(=O)NCCC. The van der Waals surface area contributed by atoms with Crippen LogP contribution < -0.4 is 5.32 Å². The highest BCUT2D eigenvalue weighted by molar-refractivity contribution is 6.26. The zero-order chi connectivity index (χ0) is 22.1. The minimum absolute atomic E-state index is 0.0840. The van der Waals surface area contributed by atoms with E-state index in [1.165, 1.54) is 0 Å². The molecule has 0 fully saturated rings. The van der Waals surface area contributed by atoms with Crippen molar-refractivity contribution in [2.45, 2.75) is 54.9 Å². The summed E-state index contributed by atoms with van der Waals surface area (Å²) in [4.78, 5) is 24.0. The molecule has 28 heavy (non-hydrogen) atoms. The third-order valence-electron chi connectivity index (χ3n) is 4.16. The van der Waals surface area contributed by atoms with Gasteiger partial charge >= 0.3 is 5.97 Å². The van der Waals surface area contributed by atoms with Gasteiger partial charge in [0.05, 0.1) is 16.7 Å². The summed E-state index contributed by atoms with van der Waals surface area (Å²) in [5.41, 5.74) is 0.462. The lowest BCUT2D eigenvalue weighted by Gasteiger charge is -2.26. The van der Waals surface area contributed by atoms with E-state index >= 15 is 0 Å². The highest BCUT2D eigenvalue weighted by Crippen LogP contribution is 2.26. The van der Waals surface area contributed by atoms with Crippen LogP contribution in [0.4, 0.5) is 0 Å². The minimum Gasteiger partial charge on any atom is -0.492 e. The number of carbonyl (C=O) groups excluding carboxylic acids is 1. The van der Waals surface area contributed by atoms with E-state index in [4.69, 9.17) is 10.1 Å². The van der Waals surface area contributed by atoms with Gasteiger partial charge in [-0.15, -0.1) is 0 Å². The Morgan fingerprint density at radius 1 is 1.21 bits per heavy atom. The monoisotopic (exact) mass is 390 g/mol. The summed E-state index contributed by atoms with van der Waals surface area (Å²) in [6.45, 7) is 16.7. The second-order valence-electron chi connectivity index (χ2n) is 7.40. The van der Waals surface area contributed by atoms with Crippen LogP contribution in [0.25, 0.3) is 0 Å². The maximum atomic E-state index is 12.3. The Morgan fingerprint density at radius 2 is 1.79 bits per heavy atom. The van der Waals surface area contributed by atoms with Gasteiger partial charge in [0.25, 0.3) is 0 Å². The number of rotatable bonds is 11. The van der Waals surface area contributed by atoms with Gasteiger partial charge in [0, 0.05) is 12.1 Å². The summed E-state index contributed by atoms with van der Waals surface area (Å²) in [7, 11) is 0. The van der Waals surface area contributed by atoms with Crippen molar-refractivity contribution >= 4 is 17.6 Å². The van der Waals surface area contributed by atoms with Gasteiger partial charge in [-0.3, -0.25) is 10.2 Å². The van der Waals surface area contributed by atoms with E-state index in [0.717, 1.165) is 6.42 Å². The molecule has 6 heteroatoms. The first kappa shape index (κ1) is 25.4. The summed E-state index contributed by atoms with van der Waals surface area (Å²) in [6, 6.07) is 0. The van der Waals surface area contributed by atoms with E-state index in [2.05, 4.69) is 11.9 Å². The van der Waals surface area contributed by atoms with Crippen molar-refractivity contribution in [3.63, 3.8) is 0 Å². The summed E-state index contributed by atoms with van der Waals surface area (Å²) in [6.07, 6.45) is 4.06. The number of nitrogens with one attached hydrogen (secondary N) is 2. The molecule has 0 saturated carbocycles. The molecule has 0 radical (unpaired) electrons. The molecule has 0 aliphatic carbocycles. The minimum atomic E-state index is -1.17. The molecule has 0 aliphatic heterocycles. The van der Waals surface area contributed by atoms with E-state index < -0.39 is 11.4 Å². The van der Waals surface area contributed by atoms with E-state index in [1.54, 1.807) is 53.7 Å². The van der Waals surface area contributed by atoms with Crippen molar-refractivity contribution in [2.75, 3.05) is 13.2 Å². The third kappa shape index (κ3) is 6.83. The molecular formula is C22H34N2O4. The fourth-order valence-electron chi connectivity index (χ4n) is 2.41. The lowest BCUT2D eigenvalue weighted by molar-refractivity contribution is -0.132. The first-order valence-electron chi connectivity index (χ1n) is 9.35. The molecule has 0 bridgehead atoms. The quantitative estimate of drug-likeness (QED) is 0.211. The van der Waals surface area contributed by atoms with Crippen molar-refractivity contribution in [3.8, 4) is 0 Å². The standard InChI is InChI=1S/C22H34N2O4/c1-9-12-24-21(27)22(7,8)13-28-16(11-3)18(15(6)10-2)19(23)17(14(4)5)20(25)26/h10-11,23H,2,9,12-13H2,1,3-8H3,(H,24,27)(H,25,26)/b16-11?,18-15+,23-19?. The van der Waals surface area contributed by atoms with Gasteiger partial charge in [0.2, 0.25) is 5.91 Å². The molecule has 0 aromatic rings. The number of carboxylic acid groups (broad SMARTS) is 1. The van der Waals surface area contributed by atoms with Crippen LogP contribution in [0.5, 0.6) is 0 Å². The molecule has 0 rings (SSSR count). The van der Waals surface area contributed by atoms with Crippen LogP contribution in [0.2, 0.25) is 0 Å². The van der Waals surface area contributed by atoms with Crippen LogP contribution in [0, 0.1) is 10.8 Å². The maximum absolute atomic E-state index is 12.3. The lowest BCUT2D eigenvalue weighted by Crippen LogP contribution is -2.40. The van der Waals surface area contributed by atoms with Gasteiger partial charge in [-0.2, -0.15) is 0 Å². The highest BCUT2D eigenvalue weighted by atomic mass is 16.5. The molecule has 1 amide bonds. The zero-order valence-corrected chi connectivity index (χ0v) is 18.2. The molecule has 0 saturated heterocycles. The largest absolute Gasteiger partial charge is 0.492 e. The second-order valence-corrected chi connectivity index (χ2v) is 7.40. The third-order valence-corrected chi connectivity index (χ3v) is 4.16. The molecular weight excluding hydrogens is 356 g/mol. The van der Waals surface area contributed by atoms with E-state index in [-0.39, 0.29) is 23.8 Å². The Kier molecular flexibility index (Phi) is 10.2. The van der Waals surface area contributed by atoms with Crippen LogP contribution in [0.15, 0.2) is 46.8 Å². The summed E-state index contributed by atoms with van der Waals surface area (Å²) in [5, 5.41) is 20.9. The Balaban J connectivity index is 5.86. The van der Waals surface area contributed by atoms with E-state index in [1.807, 2.05) is 6.92 Å². The van der Waals surface area contributed by atoms with Crippen molar-refractivity contribution < 1.29 is 19.4 Å². The number of hydrogen-bond donors (Lipinski definition) is 3. The smallest absolute Gasteiger partial charge is 0.337 e. The molecule has 0 aromatic heterocycles. The number of aliphatic carboxylic acids is 1. The predicted octanol–water partition coefficient (Wildman–Crippen LogP) is 4.40. The second kappa shape index (κ2) is 11.3. The van der Waals surface area contributed by atoms with Gasteiger partial charge in [0.15, 0.2) is 0 Å². The number of allylic oxidation sites excluding steroid dienone is 5. The average Bonchev–Trinajstić information content (AvgIpc) is 2.61. The molecule has 3 N–H and O–H groups in total. The molecule has 0 atom stereocenters. The van der Waals surface area contributed by atoms with Crippen LogP contribution >= 0.6 is 0 Å². The number of hydrogen-bond acceptors (Lipinski definition) is 4. The van der Waals surface area contributed by atoms with Crippen LogP contribution in [0.1, 0.15) is 54.9 Å². The van der Waals surface area contributed by atoms with Crippen LogP contribution in [-0.2, 0) is 14.3 Å². The van der Waals surface area contributed by atoms with E-state index in [0.29, 0.717) is 29.0 Å². The fourth-order valence-corrected chi connectivity index (χ4v) is 2.41. The van der Waals surface area contributed by atoms with Gasteiger partial charge < -0.3 is 15.2 Å². The summed E-state index contributed by atoms with van der Waals surface area (Å²) >= 11 is 0. The average molecular weight is 391 g/mol. The number of carboxylic acids is 1. The fraction of sp³-hybridized carbons (Fsp3) is 0.500. The predicted molar refractivity (Wildman–Crippen MR) is 113 cm³/mol. The Morgan fingerprint density at radius 3 is 2.18 bits per heavy atom. The summed E-state index contributed by atoms with van der Waals surface area (Å²) < 4.78 is 5.91. The first-order chi connectivity index (χ1) is 12.9. The molecule has 0 spiro atoms. The maximum Gasteiger partial charge on any atom is 0.337 e. The number of ether oxygens (including phenoxy) is 1. The molecule has 0 aliphatic rings. The Labute approximate surface area is 168 Å². The number of amides is 1. The molecule has 6 nitrogen and oxygen atoms in total. The van der Waals surface area contributed by atoms with Gasteiger partial charge in [0.1, 0.15) is 12.4 Å². The first-order valence-corrected chi connectivity index (χ1v) is 9.35. The van der Waals surface area contributed by atoms with Crippen LogP contribution in [-0.4, -0.2) is 35.8 Å². The highest BCUT2D eigenvalue weighted by Gasteiger charge is 2.30. The van der Waals surface area contributed by atoms with Gasteiger partial charge in [-0.1, -0.05) is 25.2 Å². The van der Waals surface area contributed by atoms with Crippen molar-refractivity contribution in [1.82, 2.24) is 5.32 Å². The van der Waals surface area contributed by atoms with Crippen molar-refractivity contribution in [2.24, 2.45) is 5.41 Å². The van der Waals surface area contributed by atoms with Crippen molar-refractivity contribution in [3.05, 3.63) is 46.8 Å². The molecule has 0 heterocycles. The van der Waals surface area contributed by atoms with Crippen LogP contribution in [0.3, 0.4) is 0 Å². The van der Waals surface area contributed by atoms with Crippen molar-refractivity contribution in [1.29, 1.82) is 5.41 Å². The summed E-state index contributed by atoms with van der Waals surface area (Å²) in [5.74, 6) is -0.950. The topological polar surface area (TPSA) is 99.5 Å². The lowest BCUT2D eigenvalue weighted by atomic mass is 9.92. The van der Waals surface area contributed by atoms with Gasteiger partial charge in [-0.05, 0) is 59.6 Å². The molecule has 156 valence electrons. The molecule has 0 unspecified atom stereocenters. The number of carbonyl (C=O) groups is 2. The Bertz CT molecular complexity index is 721. The van der Waals surface area contributed by atoms with E-state index in [9.17, 15) is 14.7 Å². The zero-order valence-electron chi connectivity index (χ0n) is 18.2. The Hall–Kier alpha value is -2.63. The normalized spacial score (nSPS) is 12.6. The molecule has 0 aromatic carbocycles. The van der Waals surface area contributed by atoms with Gasteiger partial charge in [-0.25, -0.2) is 4.79 Å².